The first kappa shape index (κ1) is 24.0. The van der Waals surface area contributed by atoms with Crippen LogP contribution in [0.25, 0.3) is 10.9 Å². The van der Waals surface area contributed by atoms with Gasteiger partial charge in [0, 0.05) is 33.6 Å². The number of ether oxygens (including phenoxy) is 1. The van der Waals surface area contributed by atoms with E-state index in [9.17, 15) is 9.59 Å². The number of nitrogens with zero attached hydrogens (tertiary/aromatic N) is 1. The second-order valence-corrected chi connectivity index (χ2v) is 9.46. The summed E-state index contributed by atoms with van der Waals surface area (Å²) in [4.78, 5) is 32.2. The Morgan fingerprint density at radius 3 is 2.64 bits per heavy atom. The smallest absolute Gasteiger partial charge is 0.339 e. The number of quaternary nitrogens is 1. The number of carbonyl (C=O) groups excluding carboxylic acids is 2. The number of nitrogens with one attached hydrogen (secondary N) is 2. The van der Waals surface area contributed by atoms with E-state index >= 15 is 0 Å². The highest BCUT2D eigenvalue weighted by molar-refractivity contribution is 6.31. The number of pyridine rings is 1. The third kappa shape index (κ3) is 5.10. The third-order valence-electron chi connectivity index (χ3n) is 6.60. The first-order valence-corrected chi connectivity index (χ1v) is 12.4. The molecular weight excluding hydrogens is 474 g/mol. The van der Waals surface area contributed by atoms with Crippen molar-refractivity contribution in [2.45, 2.75) is 26.4 Å². The molecule has 0 bridgehead atoms. The van der Waals surface area contributed by atoms with Gasteiger partial charge < -0.3 is 15.0 Å². The molecule has 0 radical (unpaired) electrons. The van der Waals surface area contributed by atoms with E-state index in [0.717, 1.165) is 47.2 Å². The Morgan fingerprint density at radius 1 is 1.03 bits per heavy atom. The maximum atomic E-state index is 13.4. The quantitative estimate of drug-likeness (QED) is 0.390. The second kappa shape index (κ2) is 10.5. The molecule has 2 heterocycles. The summed E-state index contributed by atoms with van der Waals surface area (Å²) in [5.41, 5.74) is 5.70. The van der Waals surface area contributed by atoms with Gasteiger partial charge in [-0.2, -0.15) is 0 Å². The van der Waals surface area contributed by atoms with Gasteiger partial charge in [-0.05, 0) is 30.7 Å². The Bertz CT molecular complexity index is 1440. The normalized spacial score (nSPS) is 14.8. The van der Waals surface area contributed by atoms with Gasteiger partial charge >= 0.3 is 5.97 Å². The van der Waals surface area contributed by atoms with E-state index < -0.39 is 18.5 Å². The van der Waals surface area contributed by atoms with Crippen molar-refractivity contribution in [1.82, 2.24) is 4.98 Å². The fourth-order valence-corrected chi connectivity index (χ4v) is 4.91. The summed E-state index contributed by atoms with van der Waals surface area (Å²) < 4.78 is 5.54. The van der Waals surface area contributed by atoms with Gasteiger partial charge in [0.05, 0.1) is 23.3 Å². The van der Waals surface area contributed by atoms with Crippen molar-refractivity contribution in [3.05, 3.63) is 106 Å². The van der Waals surface area contributed by atoms with Crippen molar-refractivity contribution in [2.75, 3.05) is 18.5 Å². The van der Waals surface area contributed by atoms with Crippen molar-refractivity contribution in [1.29, 1.82) is 0 Å². The zero-order valence-corrected chi connectivity index (χ0v) is 20.8. The Labute approximate surface area is 214 Å². The molecule has 6 nitrogen and oxygen atoms in total. The number of halogens is 1. The number of amides is 1. The van der Waals surface area contributed by atoms with E-state index in [1.54, 1.807) is 18.2 Å². The van der Waals surface area contributed by atoms with Gasteiger partial charge in [0.15, 0.2) is 6.61 Å². The molecule has 1 unspecified atom stereocenters. The average Bonchev–Trinajstić information content (AvgIpc) is 2.89. The molecular formula is C29H27ClN3O3+. The molecule has 1 aliphatic rings. The maximum Gasteiger partial charge on any atom is 0.339 e. The number of benzene rings is 3. The average molecular weight is 501 g/mol. The summed E-state index contributed by atoms with van der Waals surface area (Å²) in [7, 11) is 0. The fraction of sp³-hybridized carbons (Fsp3) is 0.207. The lowest BCUT2D eigenvalue weighted by Gasteiger charge is -2.27. The maximum absolute atomic E-state index is 13.4. The topological polar surface area (TPSA) is 72.7 Å². The van der Waals surface area contributed by atoms with Gasteiger partial charge in [-0.3, -0.25) is 9.78 Å². The molecule has 5 rings (SSSR count). The van der Waals surface area contributed by atoms with E-state index in [-0.39, 0.29) is 0 Å². The summed E-state index contributed by atoms with van der Waals surface area (Å²) in [5.74, 6) is -0.930. The van der Waals surface area contributed by atoms with Crippen LogP contribution in [0.1, 0.15) is 32.7 Å². The number of anilines is 1. The Morgan fingerprint density at radius 2 is 1.81 bits per heavy atom. The first-order valence-electron chi connectivity index (χ1n) is 12.0. The van der Waals surface area contributed by atoms with Gasteiger partial charge in [0.1, 0.15) is 13.1 Å². The lowest BCUT2D eigenvalue weighted by molar-refractivity contribution is -0.929. The van der Waals surface area contributed by atoms with Gasteiger partial charge in [-0.25, -0.2) is 4.79 Å². The number of carbonyl (C=O) groups is 2. The first-order chi connectivity index (χ1) is 17.5. The van der Waals surface area contributed by atoms with Gasteiger partial charge in [0.25, 0.3) is 5.91 Å². The molecule has 0 spiro atoms. The fourth-order valence-electron chi connectivity index (χ4n) is 4.73. The highest BCUT2D eigenvalue weighted by atomic mass is 35.5. The van der Waals surface area contributed by atoms with Crippen LogP contribution in [-0.2, 0) is 29.0 Å². The number of aromatic nitrogens is 1. The molecule has 0 aliphatic carbocycles. The molecule has 1 aromatic heterocycles. The predicted octanol–water partition coefficient (Wildman–Crippen LogP) is 4.13. The van der Waals surface area contributed by atoms with Crippen LogP contribution in [0.5, 0.6) is 0 Å². The second-order valence-electron chi connectivity index (χ2n) is 9.06. The minimum absolute atomic E-state index is 0.392. The molecule has 0 fully saturated rings. The minimum atomic E-state index is -0.510. The van der Waals surface area contributed by atoms with Gasteiger partial charge in [0.2, 0.25) is 0 Å². The van der Waals surface area contributed by atoms with Gasteiger partial charge in [-0.15, -0.1) is 0 Å². The van der Waals surface area contributed by atoms with Crippen molar-refractivity contribution in [3.8, 4) is 0 Å². The lowest BCUT2D eigenvalue weighted by atomic mass is 9.95. The SMILES string of the molecule is Cc1c(Cl)cccc1NC(=O)COC(=O)c1c2c(nc3ccccc13)CC[NH+](Cc1ccccc1)C2. The monoisotopic (exact) mass is 500 g/mol. The molecule has 7 heteroatoms. The van der Waals surface area contributed by atoms with Crippen molar-refractivity contribution in [3.63, 3.8) is 0 Å². The number of rotatable bonds is 6. The van der Waals surface area contributed by atoms with Crippen LogP contribution in [0.4, 0.5) is 5.69 Å². The van der Waals surface area contributed by atoms with Crippen molar-refractivity contribution >= 4 is 40.1 Å². The highest BCUT2D eigenvalue weighted by Gasteiger charge is 2.29. The number of fused-ring (bicyclic) bond motifs is 2. The molecule has 1 amide bonds. The number of para-hydroxylation sites is 1. The summed E-state index contributed by atoms with van der Waals surface area (Å²) in [5, 5.41) is 4.08. The Balaban J connectivity index is 1.38. The number of esters is 1. The molecule has 4 aromatic rings. The van der Waals surface area contributed by atoms with Crippen LogP contribution in [0.3, 0.4) is 0 Å². The number of hydrogen-bond acceptors (Lipinski definition) is 4. The van der Waals surface area contributed by atoms with Crippen LogP contribution >= 0.6 is 11.6 Å². The van der Waals surface area contributed by atoms with Crippen LogP contribution in [-0.4, -0.2) is 30.0 Å². The standard InChI is InChI=1S/C29H26ClN3O3/c1-19-23(30)11-7-13-24(19)32-27(34)18-36-29(35)28-21-10-5-6-12-25(21)31-26-14-15-33(17-22(26)28)16-20-8-3-2-4-9-20/h2-13H,14-18H2,1H3,(H,32,34)/p+1. The molecule has 2 N–H and O–H groups in total. The minimum Gasteiger partial charge on any atom is -0.452 e. The molecule has 1 aliphatic heterocycles. The summed E-state index contributed by atoms with van der Waals surface area (Å²) in [6.07, 6.45) is 0.775. The van der Waals surface area contributed by atoms with E-state index in [1.165, 1.54) is 10.5 Å². The zero-order valence-electron chi connectivity index (χ0n) is 20.0. The van der Waals surface area contributed by atoms with Crippen molar-refractivity contribution < 1.29 is 19.2 Å². The molecule has 0 saturated carbocycles. The molecule has 182 valence electrons. The van der Waals surface area contributed by atoms with E-state index in [1.807, 2.05) is 49.4 Å². The van der Waals surface area contributed by atoms with E-state index in [0.29, 0.717) is 22.8 Å². The Hall–Kier alpha value is -3.74. The third-order valence-corrected chi connectivity index (χ3v) is 7.01. The van der Waals surface area contributed by atoms with Gasteiger partial charge in [-0.1, -0.05) is 66.2 Å². The van der Waals surface area contributed by atoms with Crippen molar-refractivity contribution in [2.24, 2.45) is 0 Å². The molecule has 3 aromatic carbocycles. The predicted molar refractivity (Wildman–Crippen MR) is 140 cm³/mol. The summed E-state index contributed by atoms with van der Waals surface area (Å²) >= 11 is 6.15. The molecule has 1 atom stereocenters. The highest BCUT2D eigenvalue weighted by Crippen LogP contribution is 2.26. The summed E-state index contributed by atoms with van der Waals surface area (Å²) in [6, 6.07) is 23.2. The van der Waals surface area contributed by atoms with Crippen LogP contribution in [0, 0.1) is 6.92 Å². The molecule has 0 saturated heterocycles. The molecule has 36 heavy (non-hydrogen) atoms. The summed E-state index contributed by atoms with van der Waals surface area (Å²) in [6.45, 7) is 3.90. The zero-order chi connectivity index (χ0) is 25.1. The van der Waals surface area contributed by atoms with Crippen LogP contribution < -0.4 is 10.2 Å². The number of hydrogen-bond donors (Lipinski definition) is 2. The van der Waals surface area contributed by atoms with E-state index in [2.05, 4.69) is 17.4 Å². The largest absolute Gasteiger partial charge is 0.452 e. The van der Waals surface area contributed by atoms with Crippen LogP contribution in [0.15, 0.2) is 72.8 Å². The lowest BCUT2D eigenvalue weighted by Crippen LogP contribution is -3.10. The van der Waals surface area contributed by atoms with E-state index in [4.69, 9.17) is 21.3 Å². The Kier molecular flexibility index (Phi) is 6.98. The van der Waals surface area contributed by atoms with Crippen LogP contribution in [0.2, 0.25) is 5.02 Å².